The summed E-state index contributed by atoms with van der Waals surface area (Å²) in [4.78, 5) is 23.1. The van der Waals surface area contributed by atoms with Crippen LogP contribution in [0.3, 0.4) is 0 Å². The quantitative estimate of drug-likeness (QED) is 0.622. The lowest BCUT2D eigenvalue weighted by Crippen LogP contribution is -2.59. The van der Waals surface area contributed by atoms with Crippen LogP contribution >= 0.6 is 0 Å². The zero-order valence-electron chi connectivity index (χ0n) is 18.3. The Kier molecular flexibility index (Phi) is 4.99. The molecule has 0 heterocycles. The zero-order valence-corrected chi connectivity index (χ0v) is 18.3. The van der Waals surface area contributed by atoms with Crippen molar-refractivity contribution in [1.29, 1.82) is 5.26 Å². The van der Waals surface area contributed by atoms with Crippen LogP contribution in [0.1, 0.15) is 85.5 Å². The number of carbonyl (C=O) groups excluding carboxylic acids is 2. The number of nitrogens with zero attached hydrogens (tertiary/aromatic N) is 1. The Bertz CT molecular complexity index is 744. The molecule has 5 heteroatoms. The average molecular weight is 402 g/mol. The van der Waals surface area contributed by atoms with E-state index in [2.05, 4.69) is 19.9 Å². The van der Waals surface area contributed by atoms with Crippen molar-refractivity contribution < 1.29 is 19.1 Å². The van der Waals surface area contributed by atoms with Crippen LogP contribution in [-0.4, -0.2) is 24.1 Å². The fraction of sp³-hybridized carbons (Fsp3) is 0.875. The normalized spacial score (nSPS) is 48.4. The van der Waals surface area contributed by atoms with Crippen molar-refractivity contribution >= 4 is 11.9 Å². The van der Waals surface area contributed by atoms with Gasteiger partial charge in [-0.15, -0.1) is 0 Å². The standard InChI is InChI=1S/C24H35NO4/c1-15(26)28-17-7-11-23(4)20-9-10-22(3)19(5-6-21(22)29-16(2)27)18(20)8-12-24(23,13-17)14-25/h17-21H,5-13H2,1-4H3/t17-,18?,19?,20?,21?,22+,23-,24+/m1/s1. The van der Waals surface area contributed by atoms with E-state index in [0.29, 0.717) is 24.2 Å². The van der Waals surface area contributed by atoms with Gasteiger partial charge >= 0.3 is 11.9 Å². The van der Waals surface area contributed by atoms with E-state index in [-0.39, 0.29) is 35.0 Å². The molecule has 4 rings (SSSR count). The van der Waals surface area contributed by atoms with Crippen LogP contribution in [0.15, 0.2) is 0 Å². The average Bonchev–Trinajstić information content (AvgIpc) is 2.97. The molecular formula is C24H35NO4. The Hall–Kier alpha value is -1.57. The summed E-state index contributed by atoms with van der Waals surface area (Å²) >= 11 is 0. The predicted molar refractivity (Wildman–Crippen MR) is 107 cm³/mol. The number of rotatable bonds is 2. The van der Waals surface area contributed by atoms with E-state index < -0.39 is 5.41 Å². The molecule has 0 aliphatic heterocycles. The third kappa shape index (κ3) is 3.01. The van der Waals surface area contributed by atoms with Crippen LogP contribution in [0, 0.1) is 45.3 Å². The monoisotopic (exact) mass is 401 g/mol. The Labute approximate surface area is 174 Å². The number of ether oxygens (including phenoxy) is 2. The summed E-state index contributed by atoms with van der Waals surface area (Å²) in [5.74, 6) is 1.30. The van der Waals surface area contributed by atoms with Crippen LogP contribution in [0.25, 0.3) is 0 Å². The SMILES string of the molecule is CC(=O)OC1CCC2C3CC[C@@]4(C#N)C[C@H](OC(C)=O)CC[C@]4(C)C3CC[C@]12C. The van der Waals surface area contributed by atoms with E-state index >= 15 is 0 Å². The maximum Gasteiger partial charge on any atom is 0.302 e. The first-order valence-corrected chi connectivity index (χ1v) is 11.4. The highest BCUT2D eigenvalue weighted by Crippen LogP contribution is 2.70. The van der Waals surface area contributed by atoms with Gasteiger partial charge in [-0.3, -0.25) is 9.59 Å². The summed E-state index contributed by atoms with van der Waals surface area (Å²) in [6.07, 6.45) is 8.65. The lowest BCUT2D eigenvalue weighted by molar-refractivity contribution is -0.179. The van der Waals surface area contributed by atoms with Crippen molar-refractivity contribution in [3.8, 4) is 6.07 Å². The molecule has 0 N–H and O–H groups in total. The summed E-state index contributed by atoms with van der Waals surface area (Å²) in [6.45, 7) is 7.66. The van der Waals surface area contributed by atoms with Gasteiger partial charge in [0.1, 0.15) is 12.2 Å². The van der Waals surface area contributed by atoms with Gasteiger partial charge in [-0.05, 0) is 74.5 Å². The summed E-state index contributed by atoms with van der Waals surface area (Å²) in [5.41, 5.74) is -0.346. The molecule has 0 amide bonds. The third-order valence-electron chi connectivity index (χ3n) is 9.58. The first-order valence-electron chi connectivity index (χ1n) is 11.4. The number of hydrogen-bond donors (Lipinski definition) is 0. The second kappa shape index (κ2) is 7.00. The van der Waals surface area contributed by atoms with E-state index in [1.165, 1.54) is 13.8 Å². The molecule has 4 unspecified atom stereocenters. The van der Waals surface area contributed by atoms with E-state index in [4.69, 9.17) is 9.47 Å². The van der Waals surface area contributed by atoms with Crippen LogP contribution < -0.4 is 0 Å². The Morgan fingerprint density at radius 3 is 2.28 bits per heavy atom. The molecule has 0 radical (unpaired) electrons. The van der Waals surface area contributed by atoms with Gasteiger partial charge in [-0.2, -0.15) is 5.26 Å². The molecular weight excluding hydrogens is 366 g/mol. The van der Waals surface area contributed by atoms with E-state index in [9.17, 15) is 14.9 Å². The summed E-state index contributed by atoms with van der Waals surface area (Å²) in [5, 5.41) is 10.3. The van der Waals surface area contributed by atoms with Crippen LogP contribution in [0.4, 0.5) is 0 Å². The second-order valence-electron chi connectivity index (χ2n) is 10.7. The van der Waals surface area contributed by atoms with Gasteiger partial charge in [-0.1, -0.05) is 13.8 Å². The van der Waals surface area contributed by atoms with Gasteiger partial charge in [0, 0.05) is 25.7 Å². The molecule has 8 atom stereocenters. The van der Waals surface area contributed by atoms with Gasteiger partial charge < -0.3 is 9.47 Å². The van der Waals surface area contributed by atoms with Crippen molar-refractivity contribution in [1.82, 2.24) is 0 Å². The minimum atomic E-state index is -0.395. The molecule has 4 aliphatic carbocycles. The molecule has 0 bridgehead atoms. The van der Waals surface area contributed by atoms with Crippen molar-refractivity contribution in [2.24, 2.45) is 34.0 Å². The lowest BCUT2D eigenvalue weighted by atomic mass is 9.40. The van der Waals surface area contributed by atoms with Gasteiger partial charge in [0.25, 0.3) is 0 Å². The molecule has 0 aromatic heterocycles. The van der Waals surface area contributed by atoms with Gasteiger partial charge in [0.2, 0.25) is 0 Å². The van der Waals surface area contributed by atoms with Crippen molar-refractivity contribution in [3.05, 3.63) is 0 Å². The molecule has 5 nitrogen and oxygen atoms in total. The maximum absolute atomic E-state index is 11.6. The fourth-order valence-corrected chi connectivity index (χ4v) is 8.16. The Morgan fingerprint density at radius 1 is 0.897 bits per heavy atom. The van der Waals surface area contributed by atoms with E-state index in [0.717, 1.165) is 51.4 Å². The molecule has 4 aliphatic rings. The Morgan fingerprint density at radius 2 is 1.62 bits per heavy atom. The predicted octanol–water partition coefficient (Wildman–Crippen LogP) is 4.79. The second-order valence-corrected chi connectivity index (χ2v) is 10.7. The zero-order chi connectivity index (χ0) is 21.0. The number of esters is 2. The van der Waals surface area contributed by atoms with Crippen LogP contribution in [0.5, 0.6) is 0 Å². The molecule has 0 spiro atoms. The number of hydrogen-bond acceptors (Lipinski definition) is 5. The Balaban J connectivity index is 1.60. The first-order chi connectivity index (χ1) is 13.6. The highest BCUT2D eigenvalue weighted by molar-refractivity contribution is 5.66. The van der Waals surface area contributed by atoms with Gasteiger partial charge in [0.05, 0.1) is 11.5 Å². The summed E-state index contributed by atoms with van der Waals surface area (Å²) < 4.78 is 11.3. The molecule has 29 heavy (non-hydrogen) atoms. The van der Waals surface area contributed by atoms with Crippen LogP contribution in [-0.2, 0) is 19.1 Å². The van der Waals surface area contributed by atoms with Crippen molar-refractivity contribution in [3.63, 3.8) is 0 Å². The van der Waals surface area contributed by atoms with Gasteiger partial charge in [-0.25, -0.2) is 0 Å². The molecule has 160 valence electrons. The molecule has 0 saturated heterocycles. The minimum Gasteiger partial charge on any atom is -0.463 e. The largest absolute Gasteiger partial charge is 0.463 e. The summed E-state index contributed by atoms with van der Waals surface area (Å²) in [7, 11) is 0. The first kappa shape index (κ1) is 20.7. The molecule has 4 fully saturated rings. The minimum absolute atomic E-state index is 0.0256. The smallest absolute Gasteiger partial charge is 0.302 e. The molecule has 0 aromatic rings. The number of nitriles is 1. The molecule has 4 saturated carbocycles. The lowest BCUT2D eigenvalue weighted by Gasteiger charge is -2.63. The number of fused-ring (bicyclic) bond motifs is 5. The van der Waals surface area contributed by atoms with Crippen molar-refractivity contribution in [2.45, 2.75) is 97.7 Å². The highest BCUT2D eigenvalue weighted by atomic mass is 16.5. The van der Waals surface area contributed by atoms with E-state index in [1.54, 1.807) is 0 Å². The summed E-state index contributed by atoms with van der Waals surface area (Å²) in [6, 6.07) is 2.74. The van der Waals surface area contributed by atoms with Crippen molar-refractivity contribution in [2.75, 3.05) is 0 Å². The maximum atomic E-state index is 11.6. The van der Waals surface area contributed by atoms with Gasteiger partial charge in [0.15, 0.2) is 0 Å². The third-order valence-corrected chi connectivity index (χ3v) is 9.58. The van der Waals surface area contributed by atoms with E-state index in [1.807, 2.05) is 0 Å². The number of carbonyl (C=O) groups is 2. The fourth-order valence-electron chi connectivity index (χ4n) is 8.16. The van der Waals surface area contributed by atoms with Crippen LogP contribution in [0.2, 0.25) is 0 Å². The highest BCUT2D eigenvalue weighted by Gasteiger charge is 2.65. The molecule has 0 aromatic carbocycles. The topological polar surface area (TPSA) is 76.4 Å².